The van der Waals surface area contributed by atoms with Gasteiger partial charge in [0.05, 0.1) is 18.1 Å². The molecule has 2 aromatic rings. The van der Waals surface area contributed by atoms with Crippen molar-refractivity contribution in [1.29, 1.82) is 0 Å². The molecule has 0 saturated carbocycles. The summed E-state index contributed by atoms with van der Waals surface area (Å²) in [4.78, 5) is 42.1. The fourth-order valence-electron chi connectivity index (χ4n) is 2.96. The second-order valence-electron chi connectivity index (χ2n) is 6.32. The summed E-state index contributed by atoms with van der Waals surface area (Å²) in [5.74, 6) is -1.06. The van der Waals surface area contributed by atoms with Gasteiger partial charge >= 0.3 is 5.97 Å². The predicted octanol–water partition coefficient (Wildman–Crippen LogP) is 2.25. The molecular formula is C20H21N3O4. The quantitative estimate of drug-likeness (QED) is 0.791. The summed E-state index contributed by atoms with van der Waals surface area (Å²) in [6.45, 7) is 2.88. The number of pyridine rings is 1. The van der Waals surface area contributed by atoms with E-state index in [1.807, 2.05) is 12.1 Å². The van der Waals surface area contributed by atoms with Crippen LogP contribution in [0.5, 0.6) is 0 Å². The zero-order valence-corrected chi connectivity index (χ0v) is 15.1. The minimum Gasteiger partial charge on any atom is -0.462 e. The van der Waals surface area contributed by atoms with Gasteiger partial charge in [-0.15, -0.1) is 0 Å². The van der Waals surface area contributed by atoms with Gasteiger partial charge in [-0.2, -0.15) is 0 Å². The number of esters is 1. The smallest absolute Gasteiger partial charge is 0.338 e. The maximum atomic E-state index is 12.5. The second-order valence-corrected chi connectivity index (χ2v) is 6.32. The van der Waals surface area contributed by atoms with Gasteiger partial charge < -0.3 is 15.0 Å². The highest BCUT2D eigenvalue weighted by molar-refractivity contribution is 5.97. The van der Waals surface area contributed by atoms with Crippen LogP contribution in [0, 0.1) is 5.92 Å². The fraction of sp³-hybridized carbons (Fsp3) is 0.300. The van der Waals surface area contributed by atoms with Gasteiger partial charge in [-0.25, -0.2) is 4.79 Å². The van der Waals surface area contributed by atoms with Crippen LogP contribution in [-0.2, 0) is 20.9 Å². The average molecular weight is 367 g/mol. The molecule has 7 heteroatoms. The fourth-order valence-corrected chi connectivity index (χ4v) is 2.96. The maximum absolute atomic E-state index is 12.5. The SMILES string of the molecule is CCOC(=O)c1ccc(NC(=O)C2CC(=O)N(Cc3cccnc3)C2)cc1. The largest absolute Gasteiger partial charge is 0.462 e. The molecule has 1 N–H and O–H groups in total. The van der Waals surface area contributed by atoms with Crippen LogP contribution in [0.2, 0.25) is 0 Å². The highest BCUT2D eigenvalue weighted by atomic mass is 16.5. The van der Waals surface area contributed by atoms with Crippen molar-refractivity contribution in [2.45, 2.75) is 19.9 Å². The number of hydrogen-bond acceptors (Lipinski definition) is 5. The van der Waals surface area contributed by atoms with Crippen LogP contribution in [0.15, 0.2) is 48.8 Å². The number of hydrogen-bond donors (Lipinski definition) is 1. The average Bonchev–Trinajstić information content (AvgIpc) is 3.04. The normalized spacial score (nSPS) is 16.3. The molecule has 2 amide bonds. The molecule has 1 aromatic heterocycles. The Kier molecular flexibility index (Phi) is 5.80. The Balaban J connectivity index is 1.57. The van der Waals surface area contributed by atoms with Gasteiger partial charge in [-0.05, 0) is 42.8 Å². The number of rotatable bonds is 6. The number of nitrogens with zero attached hydrogens (tertiary/aromatic N) is 2. The summed E-state index contributed by atoms with van der Waals surface area (Å²) in [7, 11) is 0. The predicted molar refractivity (Wildman–Crippen MR) is 98.8 cm³/mol. The molecule has 1 unspecified atom stereocenters. The number of amides is 2. The van der Waals surface area contributed by atoms with E-state index in [-0.39, 0.29) is 18.2 Å². The van der Waals surface area contributed by atoms with Crippen LogP contribution in [-0.4, -0.2) is 40.8 Å². The molecule has 1 aromatic carbocycles. The minimum absolute atomic E-state index is 0.0448. The molecule has 0 aliphatic carbocycles. The van der Waals surface area contributed by atoms with E-state index in [4.69, 9.17) is 4.74 Å². The maximum Gasteiger partial charge on any atom is 0.338 e. The lowest BCUT2D eigenvalue weighted by Crippen LogP contribution is -2.28. The van der Waals surface area contributed by atoms with Gasteiger partial charge in [0.2, 0.25) is 11.8 Å². The first-order valence-electron chi connectivity index (χ1n) is 8.81. The molecule has 0 bridgehead atoms. The third kappa shape index (κ3) is 4.69. The first-order chi connectivity index (χ1) is 13.1. The first-order valence-corrected chi connectivity index (χ1v) is 8.81. The standard InChI is InChI=1S/C20H21N3O4/c1-2-27-20(26)15-5-7-17(8-6-15)22-19(25)16-10-18(24)23(13-16)12-14-4-3-9-21-11-14/h3-9,11,16H,2,10,12-13H2,1H3,(H,22,25). The summed E-state index contributed by atoms with van der Waals surface area (Å²) in [5.41, 5.74) is 1.93. The van der Waals surface area contributed by atoms with E-state index in [2.05, 4.69) is 10.3 Å². The van der Waals surface area contributed by atoms with Crippen molar-refractivity contribution in [2.24, 2.45) is 5.92 Å². The van der Waals surface area contributed by atoms with Crippen molar-refractivity contribution in [3.05, 3.63) is 59.9 Å². The molecule has 0 radical (unpaired) electrons. The van der Waals surface area contributed by atoms with Crippen molar-refractivity contribution in [2.75, 3.05) is 18.5 Å². The summed E-state index contributed by atoms with van der Waals surface area (Å²) in [6.07, 6.45) is 3.58. The number of carbonyl (C=O) groups excluding carboxylic acids is 3. The molecule has 140 valence electrons. The number of nitrogens with one attached hydrogen (secondary N) is 1. The Labute approximate surface area is 157 Å². The topological polar surface area (TPSA) is 88.6 Å². The van der Waals surface area contributed by atoms with E-state index in [0.29, 0.717) is 30.9 Å². The highest BCUT2D eigenvalue weighted by Gasteiger charge is 2.34. The number of carbonyl (C=O) groups is 3. The summed E-state index contributed by atoms with van der Waals surface area (Å²) < 4.78 is 4.93. The zero-order valence-electron chi connectivity index (χ0n) is 15.1. The number of aromatic nitrogens is 1. The zero-order chi connectivity index (χ0) is 19.2. The van der Waals surface area contributed by atoms with E-state index >= 15 is 0 Å². The Morgan fingerprint density at radius 1 is 1.26 bits per heavy atom. The molecule has 27 heavy (non-hydrogen) atoms. The van der Waals surface area contributed by atoms with Crippen LogP contribution in [0.1, 0.15) is 29.3 Å². The van der Waals surface area contributed by atoms with E-state index in [1.54, 1.807) is 48.5 Å². The second kappa shape index (κ2) is 8.44. The van der Waals surface area contributed by atoms with Crippen LogP contribution in [0.25, 0.3) is 0 Å². The highest BCUT2D eigenvalue weighted by Crippen LogP contribution is 2.22. The molecule has 1 aliphatic rings. The molecular weight excluding hydrogens is 346 g/mol. The van der Waals surface area contributed by atoms with Crippen molar-refractivity contribution >= 4 is 23.5 Å². The lowest BCUT2D eigenvalue weighted by atomic mass is 10.1. The number of likely N-dealkylation sites (tertiary alicyclic amines) is 1. The monoisotopic (exact) mass is 367 g/mol. The van der Waals surface area contributed by atoms with Gasteiger partial charge in [0.25, 0.3) is 0 Å². The molecule has 1 atom stereocenters. The van der Waals surface area contributed by atoms with E-state index in [1.165, 1.54) is 0 Å². The Morgan fingerprint density at radius 2 is 2.04 bits per heavy atom. The summed E-state index contributed by atoms with van der Waals surface area (Å²) >= 11 is 0. The molecule has 1 fully saturated rings. The molecule has 3 rings (SSSR count). The molecule has 1 saturated heterocycles. The van der Waals surface area contributed by atoms with Crippen LogP contribution < -0.4 is 5.32 Å². The van der Waals surface area contributed by atoms with Crippen molar-refractivity contribution < 1.29 is 19.1 Å². The van der Waals surface area contributed by atoms with Gasteiger partial charge in [0.1, 0.15) is 0 Å². The number of ether oxygens (including phenoxy) is 1. The van der Waals surface area contributed by atoms with Crippen LogP contribution in [0.3, 0.4) is 0 Å². The van der Waals surface area contributed by atoms with Gasteiger partial charge in [0, 0.05) is 37.6 Å². The van der Waals surface area contributed by atoms with Crippen LogP contribution in [0.4, 0.5) is 5.69 Å². The Bertz CT molecular complexity index is 821. The van der Waals surface area contributed by atoms with Crippen LogP contribution >= 0.6 is 0 Å². The first kappa shape index (κ1) is 18.6. The number of anilines is 1. The third-order valence-corrected chi connectivity index (χ3v) is 4.35. The van der Waals surface area contributed by atoms with Crippen molar-refractivity contribution in [3.8, 4) is 0 Å². The third-order valence-electron chi connectivity index (χ3n) is 4.35. The lowest BCUT2D eigenvalue weighted by Gasteiger charge is -2.16. The summed E-state index contributed by atoms with van der Waals surface area (Å²) in [5, 5.41) is 2.80. The van der Waals surface area contributed by atoms with E-state index in [9.17, 15) is 14.4 Å². The molecule has 7 nitrogen and oxygen atoms in total. The minimum atomic E-state index is -0.404. The lowest BCUT2D eigenvalue weighted by molar-refractivity contribution is -0.128. The van der Waals surface area contributed by atoms with Crippen molar-refractivity contribution in [3.63, 3.8) is 0 Å². The molecule has 1 aliphatic heterocycles. The molecule has 2 heterocycles. The Morgan fingerprint density at radius 3 is 2.70 bits per heavy atom. The Hall–Kier alpha value is -3.22. The van der Waals surface area contributed by atoms with Gasteiger partial charge in [0.15, 0.2) is 0 Å². The van der Waals surface area contributed by atoms with Gasteiger partial charge in [-0.1, -0.05) is 6.07 Å². The number of benzene rings is 1. The van der Waals surface area contributed by atoms with E-state index < -0.39 is 11.9 Å². The van der Waals surface area contributed by atoms with Gasteiger partial charge in [-0.3, -0.25) is 14.6 Å². The molecule has 0 spiro atoms. The van der Waals surface area contributed by atoms with E-state index in [0.717, 1.165) is 5.56 Å². The van der Waals surface area contributed by atoms with Crippen molar-refractivity contribution in [1.82, 2.24) is 9.88 Å². The summed E-state index contributed by atoms with van der Waals surface area (Å²) in [6, 6.07) is 10.2.